The lowest BCUT2D eigenvalue weighted by Crippen LogP contribution is -2.19. The number of aliphatic hydroxyl groups is 1. The monoisotopic (exact) mass is 250 g/mol. The van der Waals surface area contributed by atoms with Crippen LogP contribution in [0.2, 0.25) is 0 Å². The van der Waals surface area contributed by atoms with Crippen LogP contribution in [0.15, 0.2) is 29.1 Å². The number of para-hydroxylation sites is 1. The fourth-order valence-electron chi connectivity index (χ4n) is 1.98. The molecule has 0 aliphatic heterocycles. The molecule has 2 rings (SSSR count). The average Bonchev–Trinajstić information content (AvgIpc) is 2.68. The Morgan fingerprint density at radius 1 is 1.39 bits per heavy atom. The van der Waals surface area contributed by atoms with E-state index in [1.807, 2.05) is 6.92 Å². The van der Waals surface area contributed by atoms with Crippen LogP contribution in [0, 0.1) is 5.82 Å². The maximum atomic E-state index is 13.7. The zero-order valence-electron chi connectivity index (χ0n) is 10.1. The smallest absolute Gasteiger partial charge is 0.274 e. The highest BCUT2D eigenvalue weighted by atomic mass is 19.1. The normalized spacial score (nSPS) is 10.8. The van der Waals surface area contributed by atoms with Crippen LogP contribution in [0.1, 0.15) is 18.2 Å². The van der Waals surface area contributed by atoms with Gasteiger partial charge in [-0.25, -0.2) is 9.07 Å². The number of aromatic amines is 1. The standard InChI is InChI=1S/C13H15FN2O2/c1-2-11-9(7-8-17)13(18)16(15-11)12-6-4-3-5-10(12)14/h3-6,15,17H,2,7-8H2,1H3. The van der Waals surface area contributed by atoms with Gasteiger partial charge in [-0.15, -0.1) is 0 Å². The van der Waals surface area contributed by atoms with Crippen molar-refractivity contribution in [3.8, 4) is 5.69 Å². The Morgan fingerprint density at radius 2 is 2.11 bits per heavy atom. The molecular weight excluding hydrogens is 235 g/mol. The van der Waals surface area contributed by atoms with E-state index in [2.05, 4.69) is 5.10 Å². The first kappa shape index (κ1) is 12.6. The van der Waals surface area contributed by atoms with Crippen molar-refractivity contribution in [2.45, 2.75) is 19.8 Å². The van der Waals surface area contributed by atoms with Gasteiger partial charge in [-0.1, -0.05) is 19.1 Å². The highest BCUT2D eigenvalue weighted by molar-refractivity contribution is 5.34. The van der Waals surface area contributed by atoms with Crippen LogP contribution in [-0.4, -0.2) is 21.5 Å². The summed E-state index contributed by atoms with van der Waals surface area (Å²) >= 11 is 0. The van der Waals surface area contributed by atoms with Crippen molar-refractivity contribution in [1.29, 1.82) is 0 Å². The summed E-state index contributed by atoms with van der Waals surface area (Å²) in [7, 11) is 0. The summed E-state index contributed by atoms with van der Waals surface area (Å²) < 4.78 is 14.9. The molecule has 0 unspecified atom stereocenters. The first-order valence-electron chi connectivity index (χ1n) is 5.87. The molecule has 0 aliphatic rings. The van der Waals surface area contributed by atoms with Crippen molar-refractivity contribution in [2.24, 2.45) is 0 Å². The first-order valence-corrected chi connectivity index (χ1v) is 5.87. The molecule has 0 amide bonds. The predicted octanol–water partition coefficient (Wildman–Crippen LogP) is 1.40. The number of benzene rings is 1. The molecule has 0 radical (unpaired) electrons. The molecule has 2 aromatic rings. The van der Waals surface area contributed by atoms with Gasteiger partial charge in [0.15, 0.2) is 0 Å². The Kier molecular flexibility index (Phi) is 3.62. The molecule has 0 fully saturated rings. The number of aliphatic hydroxyl groups excluding tert-OH is 1. The zero-order chi connectivity index (χ0) is 13.1. The quantitative estimate of drug-likeness (QED) is 0.861. The molecule has 0 aliphatic carbocycles. The minimum atomic E-state index is -0.459. The van der Waals surface area contributed by atoms with Gasteiger partial charge in [-0.05, 0) is 18.6 Å². The van der Waals surface area contributed by atoms with E-state index < -0.39 is 5.82 Å². The van der Waals surface area contributed by atoms with E-state index in [0.29, 0.717) is 12.0 Å². The second-order valence-corrected chi connectivity index (χ2v) is 3.99. The molecule has 0 bridgehead atoms. The van der Waals surface area contributed by atoms with E-state index in [9.17, 15) is 9.18 Å². The third-order valence-electron chi connectivity index (χ3n) is 2.88. The van der Waals surface area contributed by atoms with E-state index in [1.54, 1.807) is 12.1 Å². The highest BCUT2D eigenvalue weighted by Gasteiger charge is 2.15. The van der Waals surface area contributed by atoms with Crippen LogP contribution in [0.4, 0.5) is 4.39 Å². The van der Waals surface area contributed by atoms with Crippen molar-refractivity contribution >= 4 is 0 Å². The van der Waals surface area contributed by atoms with Gasteiger partial charge in [-0.2, -0.15) is 0 Å². The van der Waals surface area contributed by atoms with Crippen LogP contribution in [0.25, 0.3) is 5.69 Å². The average molecular weight is 250 g/mol. The number of nitrogens with one attached hydrogen (secondary N) is 1. The van der Waals surface area contributed by atoms with Crippen molar-refractivity contribution in [1.82, 2.24) is 9.78 Å². The fraction of sp³-hybridized carbons (Fsp3) is 0.308. The minimum Gasteiger partial charge on any atom is -0.396 e. The molecule has 5 heteroatoms. The number of aromatic nitrogens is 2. The van der Waals surface area contributed by atoms with E-state index in [1.165, 1.54) is 16.8 Å². The number of nitrogens with zero attached hydrogens (tertiary/aromatic N) is 1. The van der Waals surface area contributed by atoms with Gasteiger partial charge in [0.2, 0.25) is 0 Å². The van der Waals surface area contributed by atoms with Crippen LogP contribution in [0.5, 0.6) is 0 Å². The number of H-pyrrole nitrogens is 1. The molecule has 0 saturated heterocycles. The minimum absolute atomic E-state index is 0.0998. The number of hydrogen-bond acceptors (Lipinski definition) is 2. The largest absolute Gasteiger partial charge is 0.396 e. The van der Waals surface area contributed by atoms with Gasteiger partial charge in [-0.3, -0.25) is 9.89 Å². The lowest BCUT2D eigenvalue weighted by molar-refractivity contribution is 0.299. The van der Waals surface area contributed by atoms with E-state index >= 15 is 0 Å². The SMILES string of the molecule is CCc1[nH]n(-c2ccccc2F)c(=O)c1CCO. The molecule has 2 N–H and O–H groups in total. The summed E-state index contributed by atoms with van der Waals surface area (Å²) in [6.45, 7) is 1.80. The van der Waals surface area contributed by atoms with Crippen molar-refractivity contribution in [3.63, 3.8) is 0 Å². The van der Waals surface area contributed by atoms with E-state index in [-0.39, 0.29) is 24.3 Å². The molecule has 1 aromatic carbocycles. The molecule has 1 heterocycles. The van der Waals surface area contributed by atoms with Gasteiger partial charge in [0, 0.05) is 24.3 Å². The van der Waals surface area contributed by atoms with Crippen molar-refractivity contribution in [2.75, 3.05) is 6.61 Å². The lowest BCUT2D eigenvalue weighted by Gasteiger charge is -2.02. The van der Waals surface area contributed by atoms with Gasteiger partial charge < -0.3 is 5.11 Å². The molecule has 0 atom stereocenters. The van der Waals surface area contributed by atoms with Crippen molar-refractivity contribution in [3.05, 3.63) is 51.7 Å². The summed E-state index contributed by atoms with van der Waals surface area (Å²) in [5.74, 6) is -0.459. The van der Waals surface area contributed by atoms with Gasteiger partial charge in [0.05, 0.1) is 0 Å². The summed E-state index contributed by atoms with van der Waals surface area (Å²) in [5.41, 5.74) is 1.15. The zero-order valence-corrected chi connectivity index (χ0v) is 10.1. The van der Waals surface area contributed by atoms with Crippen LogP contribution >= 0.6 is 0 Å². The summed E-state index contributed by atoms with van der Waals surface area (Å²) in [5, 5.41) is 11.9. The number of halogens is 1. The van der Waals surface area contributed by atoms with Gasteiger partial charge in [0.1, 0.15) is 11.5 Å². The molecule has 96 valence electrons. The number of rotatable bonds is 4. The maximum Gasteiger partial charge on any atom is 0.274 e. The first-order chi connectivity index (χ1) is 8.69. The fourth-order valence-corrected chi connectivity index (χ4v) is 1.98. The molecule has 18 heavy (non-hydrogen) atoms. The molecule has 1 aromatic heterocycles. The number of aryl methyl sites for hydroxylation is 1. The van der Waals surface area contributed by atoms with Gasteiger partial charge in [0.25, 0.3) is 5.56 Å². The van der Waals surface area contributed by atoms with E-state index in [0.717, 1.165) is 5.69 Å². The molecule has 0 saturated carbocycles. The van der Waals surface area contributed by atoms with Crippen molar-refractivity contribution < 1.29 is 9.50 Å². The second-order valence-electron chi connectivity index (χ2n) is 3.99. The maximum absolute atomic E-state index is 13.7. The Balaban J connectivity index is 2.60. The summed E-state index contributed by atoms with van der Waals surface area (Å²) in [4.78, 5) is 12.1. The van der Waals surface area contributed by atoms with Gasteiger partial charge >= 0.3 is 0 Å². The van der Waals surface area contributed by atoms with E-state index in [4.69, 9.17) is 5.11 Å². The molecule has 0 spiro atoms. The van der Waals surface area contributed by atoms with Crippen LogP contribution < -0.4 is 5.56 Å². The number of hydrogen-bond donors (Lipinski definition) is 2. The van der Waals surface area contributed by atoms with Crippen LogP contribution in [-0.2, 0) is 12.8 Å². The topological polar surface area (TPSA) is 58.0 Å². The Hall–Kier alpha value is -1.88. The summed E-state index contributed by atoms with van der Waals surface area (Å²) in [6, 6.07) is 6.08. The van der Waals surface area contributed by atoms with Crippen LogP contribution in [0.3, 0.4) is 0 Å². The Bertz CT molecular complexity index is 601. The predicted molar refractivity (Wildman–Crippen MR) is 66.5 cm³/mol. The Morgan fingerprint density at radius 3 is 2.72 bits per heavy atom. The lowest BCUT2D eigenvalue weighted by atomic mass is 10.1. The summed E-state index contributed by atoms with van der Waals surface area (Å²) in [6.07, 6.45) is 0.909. The third-order valence-corrected chi connectivity index (χ3v) is 2.88. The third kappa shape index (κ3) is 2.09. The Labute approximate surface area is 104 Å². The highest BCUT2D eigenvalue weighted by Crippen LogP contribution is 2.12. The molecule has 4 nitrogen and oxygen atoms in total. The second kappa shape index (κ2) is 5.18. The molecular formula is C13H15FN2O2.